The number of phosphoric ester groups is 1. The molecule has 0 aliphatic carbocycles. The molecule has 0 N–H and O–H groups in total. The first-order valence-corrected chi connectivity index (χ1v) is 12.7. The number of fused-ring (bicyclic) bond motifs is 1. The number of thioether (sulfide) groups is 1. The molecular formula is C24H23N2O6PS. The molecule has 4 rings (SSSR count). The third kappa shape index (κ3) is 5.92. The number of nitrogens with zero attached hydrogens (tertiary/aromatic N) is 2. The van der Waals surface area contributed by atoms with Crippen molar-refractivity contribution >= 4 is 31.5 Å². The van der Waals surface area contributed by atoms with Crippen LogP contribution in [0.5, 0.6) is 11.5 Å². The molecule has 0 spiro atoms. The SMILES string of the molecule is CC(C)(C)OC(=O)N1C(OP(=O)(Oc2ccccc2)Oc2ccccc2)=CSc2cccnc21. The first-order valence-electron chi connectivity index (χ1n) is 10.4. The number of pyridine rings is 1. The lowest BCUT2D eigenvalue weighted by molar-refractivity contribution is 0.0574. The molecule has 0 radical (unpaired) electrons. The molecule has 0 unspecified atom stereocenters. The summed E-state index contributed by atoms with van der Waals surface area (Å²) in [6.07, 6.45) is 0.796. The average molecular weight is 498 g/mol. The number of hydrogen-bond acceptors (Lipinski definition) is 8. The van der Waals surface area contributed by atoms with E-state index in [2.05, 4.69) is 4.98 Å². The summed E-state index contributed by atoms with van der Waals surface area (Å²) in [4.78, 5) is 19.3. The number of amides is 1. The van der Waals surface area contributed by atoms with Crippen LogP contribution in [0, 0.1) is 0 Å². The highest BCUT2D eigenvalue weighted by atomic mass is 32.2. The van der Waals surface area contributed by atoms with E-state index in [0.29, 0.717) is 4.90 Å². The quantitative estimate of drug-likeness (QED) is 0.335. The zero-order chi connectivity index (χ0) is 24.2. The summed E-state index contributed by atoms with van der Waals surface area (Å²) < 4.78 is 36.6. The van der Waals surface area contributed by atoms with Crippen molar-refractivity contribution in [2.24, 2.45) is 0 Å². The average Bonchev–Trinajstić information content (AvgIpc) is 2.78. The highest BCUT2D eigenvalue weighted by Crippen LogP contribution is 2.53. The van der Waals surface area contributed by atoms with Crippen LogP contribution in [-0.2, 0) is 13.8 Å². The first-order chi connectivity index (χ1) is 16.2. The fourth-order valence-corrected chi connectivity index (χ4v) is 4.95. The summed E-state index contributed by atoms with van der Waals surface area (Å²) in [5.74, 6) is 0.729. The van der Waals surface area contributed by atoms with Gasteiger partial charge in [0.1, 0.15) is 17.1 Å². The fourth-order valence-electron chi connectivity index (χ4n) is 2.85. The molecule has 2 aromatic carbocycles. The van der Waals surface area contributed by atoms with Gasteiger partial charge in [0, 0.05) is 11.6 Å². The molecule has 1 aliphatic heterocycles. The topological polar surface area (TPSA) is 87.2 Å². The van der Waals surface area contributed by atoms with E-state index in [1.807, 2.05) is 0 Å². The molecule has 0 saturated heterocycles. The Bertz CT molecular complexity index is 1190. The van der Waals surface area contributed by atoms with Crippen molar-refractivity contribution in [3.8, 4) is 11.5 Å². The van der Waals surface area contributed by atoms with Crippen LogP contribution < -0.4 is 13.9 Å². The maximum absolute atomic E-state index is 13.9. The second kappa shape index (κ2) is 9.83. The van der Waals surface area contributed by atoms with Crippen LogP contribution in [0.2, 0.25) is 0 Å². The van der Waals surface area contributed by atoms with E-state index in [9.17, 15) is 9.36 Å². The molecule has 1 amide bonds. The Labute approximate surface area is 202 Å². The number of carbonyl (C=O) groups is 1. The Balaban J connectivity index is 1.70. The summed E-state index contributed by atoms with van der Waals surface area (Å²) in [5.41, 5.74) is -0.785. The minimum atomic E-state index is -4.33. The molecule has 1 aromatic heterocycles. The molecule has 10 heteroatoms. The molecule has 1 aliphatic rings. The van der Waals surface area contributed by atoms with Crippen molar-refractivity contribution in [1.82, 2.24) is 4.98 Å². The van der Waals surface area contributed by atoms with Gasteiger partial charge in [0.15, 0.2) is 5.82 Å². The van der Waals surface area contributed by atoms with Gasteiger partial charge in [0.25, 0.3) is 0 Å². The minimum absolute atomic E-state index is 0.0966. The normalized spacial score (nSPS) is 13.4. The summed E-state index contributed by atoms with van der Waals surface area (Å²) in [6.45, 7) is 5.24. The van der Waals surface area contributed by atoms with Crippen molar-refractivity contribution in [2.45, 2.75) is 31.3 Å². The fraction of sp³-hybridized carbons (Fsp3) is 0.167. The van der Waals surface area contributed by atoms with Crippen LogP contribution >= 0.6 is 19.6 Å². The predicted molar refractivity (Wildman–Crippen MR) is 130 cm³/mol. The van der Waals surface area contributed by atoms with E-state index in [1.54, 1.807) is 99.8 Å². The van der Waals surface area contributed by atoms with Gasteiger partial charge in [-0.3, -0.25) is 0 Å². The van der Waals surface area contributed by atoms with Gasteiger partial charge >= 0.3 is 13.9 Å². The van der Waals surface area contributed by atoms with Gasteiger partial charge in [-0.05, 0) is 57.2 Å². The monoisotopic (exact) mass is 498 g/mol. The van der Waals surface area contributed by atoms with Gasteiger partial charge in [0.2, 0.25) is 5.88 Å². The van der Waals surface area contributed by atoms with Gasteiger partial charge in [-0.15, -0.1) is 0 Å². The molecule has 3 aromatic rings. The van der Waals surface area contributed by atoms with E-state index < -0.39 is 19.5 Å². The number of carbonyl (C=O) groups excluding carboxylic acids is 1. The molecule has 176 valence electrons. The van der Waals surface area contributed by atoms with Gasteiger partial charge < -0.3 is 18.3 Å². The van der Waals surface area contributed by atoms with Crippen LogP contribution in [0.1, 0.15) is 20.8 Å². The minimum Gasteiger partial charge on any atom is -0.443 e. The maximum atomic E-state index is 13.9. The number of anilines is 1. The third-order valence-corrected chi connectivity index (χ3v) is 6.34. The van der Waals surface area contributed by atoms with Crippen molar-refractivity contribution in [1.29, 1.82) is 0 Å². The van der Waals surface area contributed by atoms with Gasteiger partial charge in [-0.25, -0.2) is 9.78 Å². The van der Waals surface area contributed by atoms with E-state index in [-0.39, 0.29) is 23.2 Å². The number of hydrogen-bond donors (Lipinski definition) is 0. The molecule has 0 bridgehead atoms. The van der Waals surface area contributed by atoms with E-state index in [1.165, 1.54) is 17.2 Å². The lowest BCUT2D eigenvalue weighted by Crippen LogP contribution is -2.38. The van der Waals surface area contributed by atoms with Crippen molar-refractivity contribution in [3.63, 3.8) is 0 Å². The number of para-hydroxylation sites is 2. The van der Waals surface area contributed by atoms with Gasteiger partial charge in [-0.2, -0.15) is 9.46 Å². The Hall–Kier alpha value is -3.42. The van der Waals surface area contributed by atoms with Crippen LogP contribution in [0.3, 0.4) is 0 Å². The number of phosphoric acid groups is 1. The Morgan fingerprint density at radius 3 is 2.03 bits per heavy atom. The van der Waals surface area contributed by atoms with Crippen LogP contribution in [0.25, 0.3) is 0 Å². The second-order valence-electron chi connectivity index (χ2n) is 8.06. The number of benzene rings is 2. The van der Waals surface area contributed by atoms with E-state index in [4.69, 9.17) is 18.3 Å². The van der Waals surface area contributed by atoms with Crippen molar-refractivity contribution < 1.29 is 27.7 Å². The highest BCUT2D eigenvalue weighted by molar-refractivity contribution is 8.02. The molecule has 2 heterocycles. The zero-order valence-corrected chi connectivity index (χ0v) is 20.5. The van der Waals surface area contributed by atoms with E-state index >= 15 is 0 Å². The first kappa shape index (κ1) is 23.7. The third-order valence-electron chi connectivity index (χ3n) is 4.17. The Morgan fingerprint density at radius 2 is 1.47 bits per heavy atom. The number of aromatic nitrogens is 1. The predicted octanol–water partition coefficient (Wildman–Crippen LogP) is 7.01. The lowest BCUT2D eigenvalue weighted by atomic mass is 10.2. The molecule has 0 atom stereocenters. The number of ether oxygens (including phenoxy) is 1. The van der Waals surface area contributed by atoms with Crippen molar-refractivity contribution in [2.75, 3.05) is 4.90 Å². The maximum Gasteiger partial charge on any atom is 0.648 e. The standard InChI is InChI=1S/C24H23N2O6PS/c1-24(2,3)29-23(27)26-21(17-34-20-15-10-16-25-22(20)26)32-33(28,30-18-11-6-4-7-12-18)31-19-13-8-5-9-14-19/h4-17H,1-3H3. The second-order valence-corrected chi connectivity index (χ2v) is 10.4. The van der Waals surface area contributed by atoms with Crippen LogP contribution in [0.4, 0.5) is 10.6 Å². The van der Waals surface area contributed by atoms with Crippen LogP contribution in [-0.4, -0.2) is 16.7 Å². The largest absolute Gasteiger partial charge is 0.648 e. The number of rotatable bonds is 6. The lowest BCUT2D eigenvalue weighted by Gasteiger charge is -2.31. The molecular weight excluding hydrogens is 475 g/mol. The molecule has 8 nitrogen and oxygen atoms in total. The Morgan fingerprint density at radius 1 is 0.882 bits per heavy atom. The summed E-state index contributed by atoms with van der Waals surface area (Å²) in [6, 6.07) is 20.5. The summed E-state index contributed by atoms with van der Waals surface area (Å²) >= 11 is 1.26. The molecule has 0 saturated carbocycles. The zero-order valence-electron chi connectivity index (χ0n) is 18.8. The van der Waals surface area contributed by atoms with Crippen LogP contribution in [0.15, 0.2) is 95.2 Å². The highest BCUT2D eigenvalue weighted by Gasteiger charge is 2.40. The molecule has 34 heavy (non-hydrogen) atoms. The summed E-state index contributed by atoms with van der Waals surface area (Å²) in [5, 5.41) is 1.53. The van der Waals surface area contributed by atoms with Gasteiger partial charge in [-0.1, -0.05) is 48.2 Å². The van der Waals surface area contributed by atoms with Gasteiger partial charge in [0.05, 0.1) is 4.90 Å². The Kier molecular flexibility index (Phi) is 6.86. The molecule has 0 fully saturated rings. The summed E-state index contributed by atoms with van der Waals surface area (Å²) in [7, 11) is -4.33. The van der Waals surface area contributed by atoms with E-state index in [0.717, 1.165) is 4.90 Å². The smallest absolute Gasteiger partial charge is 0.443 e. The van der Waals surface area contributed by atoms with Crippen molar-refractivity contribution in [3.05, 3.63) is 90.3 Å².